The third-order valence-corrected chi connectivity index (χ3v) is 4.06. The standard InChI is InChI=1S/C12H19FN2O4S/c1-9(8-14)15-20(16,17)12-7-10(13)3-4-11(12)19-6-5-18-2/h3-4,7,9,15H,5-6,8,14H2,1-2H3/t9-/m0/s1. The number of methoxy groups -OCH3 is 1. The predicted molar refractivity (Wildman–Crippen MR) is 72.6 cm³/mol. The van der Waals surface area contributed by atoms with Gasteiger partial charge in [-0.2, -0.15) is 0 Å². The van der Waals surface area contributed by atoms with Crippen molar-refractivity contribution in [1.82, 2.24) is 4.72 Å². The SMILES string of the molecule is COCCOc1ccc(F)cc1S(=O)(=O)N[C@@H](C)CN. The van der Waals surface area contributed by atoms with E-state index >= 15 is 0 Å². The molecule has 3 N–H and O–H groups in total. The average molecular weight is 306 g/mol. The van der Waals surface area contributed by atoms with Gasteiger partial charge >= 0.3 is 0 Å². The first-order valence-corrected chi connectivity index (χ1v) is 7.52. The highest BCUT2D eigenvalue weighted by molar-refractivity contribution is 7.89. The van der Waals surface area contributed by atoms with Crippen molar-refractivity contribution in [3.8, 4) is 5.75 Å². The Morgan fingerprint density at radius 3 is 2.70 bits per heavy atom. The molecule has 6 nitrogen and oxygen atoms in total. The summed E-state index contributed by atoms with van der Waals surface area (Å²) in [6.45, 7) is 2.21. The van der Waals surface area contributed by atoms with Crippen molar-refractivity contribution >= 4 is 10.0 Å². The van der Waals surface area contributed by atoms with Crippen LogP contribution in [-0.4, -0.2) is 41.3 Å². The zero-order valence-corrected chi connectivity index (χ0v) is 12.2. The summed E-state index contributed by atoms with van der Waals surface area (Å²) in [7, 11) is -2.40. The Hall–Kier alpha value is -1.22. The fraction of sp³-hybridized carbons (Fsp3) is 0.500. The molecule has 0 fully saturated rings. The summed E-state index contributed by atoms with van der Waals surface area (Å²) >= 11 is 0. The Kier molecular flexibility index (Phi) is 6.34. The van der Waals surface area contributed by atoms with Crippen LogP contribution in [0.5, 0.6) is 5.75 Å². The summed E-state index contributed by atoms with van der Waals surface area (Å²) < 4.78 is 50.1. The molecule has 0 amide bonds. The van der Waals surface area contributed by atoms with Crippen LogP contribution in [-0.2, 0) is 14.8 Å². The Balaban J connectivity index is 3.04. The highest BCUT2D eigenvalue weighted by Crippen LogP contribution is 2.24. The van der Waals surface area contributed by atoms with E-state index in [1.165, 1.54) is 13.2 Å². The maximum Gasteiger partial charge on any atom is 0.244 e. The number of rotatable bonds is 8. The molecular formula is C12H19FN2O4S. The van der Waals surface area contributed by atoms with Gasteiger partial charge in [0.15, 0.2) is 0 Å². The maximum absolute atomic E-state index is 13.3. The van der Waals surface area contributed by atoms with Gasteiger partial charge in [-0.25, -0.2) is 17.5 Å². The van der Waals surface area contributed by atoms with Gasteiger partial charge in [-0.1, -0.05) is 0 Å². The number of benzene rings is 1. The molecule has 0 bridgehead atoms. The molecule has 1 aromatic carbocycles. The van der Waals surface area contributed by atoms with E-state index in [2.05, 4.69) is 4.72 Å². The van der Waals surface area contributed by atoms with E-state index in [-0.39, 0.29) is 23.8 Å². The van der Waals surface area contributed by atoms with Crippen molar-refractivity contribution < 1.29 is 22.3 Å². The maximum atomic E-state index is 13.3. The minimum atomic E-state index is -3.90. The third kappa shape index (κ3) is 4.71. The molecule has 1 rings (SSSR count). The minimum Gasteiger partial charge on any atom is -0.490 e. The molecule has 0 radical (unpaired) electrons. The topological polar surface area (TPSA) is 90.6 Å². The van der Waals surface area contributed by atoms with Crippen molar-refractivity contribution in [3.05, 3.63) is 24.0 Å². The highest BCUT2D eigenvalue weighted by Gasteiger charge is 2.22. The molecule has 0 saturated carbocycles. The zero-order valence-electron chi connectivity index (χ0n) is 11.4. The third-order valence-electron chi connectivity index (χ3n) is 2.45. The molecule has 0 heterocycles. The quantitative estimate of drug-likeness (QED) is 0.682. The smallest absolute Gasteiger partial charge is 0.244 e. The molecule has 0 aliphatic rings. The summed E-state index contributed by atoms with van der Waals surface area (Å²) in [6, 6.07) is 2.85. The van der Waals surface area contributed by atoms with E-state index in [0.29, 0.717) is 6.61 Å². The van der Waals surface area contributed by atoms with Crippen molar-refractivity contribution in [2.75, 3.05) is 26.9 Å². The van der Waals surface area contributed by atoms with Crippen LogP contribution in [0, 0.1) is 5.82 Å². The number of sulfonamides is 1. The molecule has 0 aliphatic heterocycles. The van der Waals surface area contributed by atoms with Crippen molar-refractivity contribution in [2.24, 2.45) is 5.73 Å². The van der Waals surface area contributed by atoms with Gasteiger partial charge < -0.3 is 15.2 Å². The van der Waals surface area contributed by atoms with Gasteiger partial charge in [0.05, 0.1) is 6.61 Å². The lowest BCUT2D eigenvalue weighted by Crippen LogP contribution is -2.38. The molecule has 0 unspecified atom stereocenters. The predicted octanol–water partition coefficient (Wildman–Crippen LogP) is 0.476. The Morgan fingerprint density at radius 1 is 1.40 bits per heavy atom. The van der Waals surface area contributed by atoms with E-state index in [1.807, 2.05) is 0 Å². The molecule has 1 atom stereocenters. The number of ether oxygens (including phenoxy) is 2. The lowest BCUT2D eigenvalue weighted by atomic mass is 10.3. The highest BCUT2D eigenvalue weighted by atomic mass is 32.2. The van der Waals surface area contributed by atoms with Crippen LogP contribution in [0.25, 0.3) is 0 Å². The number of hydrogen-bond donors (Lipinski definition) is 2. The van der Waals surface area contributed by atoms with Crippen LogP contribution >= 0.6 is 0 Å². The second-order valence-electron chi connectivity index (χ2n) is 4.19. The second kappa shape index (κ2) is 7.53. The average Bonchev–Trinajstić information content (AvgIpc) is 2.40. The number of halogens is 1. The van der Waals surface area contributed by atoms with Crippen LogP contribution in [0.2, 0.25) is 0 Å². The molecule has 20 heavy (non-hydrogen) atoms. The van der Waals surface area contributed by atoms with Gasteiger partial charge in [0.25, 0.3) is 0 Å². The Labute approximate surface area is 118 Å². The first kappa shape index (κ1) is 16.8. The van der Waals surface area contributed by atoms with Gasteiger partial charge in [-0.05, 0) is 25.1 Å². The van der Waals surface area contributed by atoms with Crippen molar-refractivity contribution in [1.29, 1.82) is 0 Å². The van der Waals surface area contributed by atoms with Crippen LogP contribution in [0.1, 0.15) is 6.92 Å². The fourth-order valence-electron chi connectivity index (χ4n) is 1.42. The van der Waals surface area contributed by atoms with E-state index in [0.717, 1.165) is 12.1 Å². The summed E-state index contributed by atoms with van der Waals surface area (Å²) in [4.78, 5) is -0.256. The van der Waals surface area contributed by atoms with Crippen LogP contribution in [0.15, 0.2) is 23.1 Å². The Morgan fingerprint density at radius 2 is 2.10 bits per heavy atom. The molecule has 0 aliphatic carbocycles. The van der Waals surface area contributed by atoms with Crippen LogP contribution < -0.4 is 15.2 Å². The lowest BCUT2D eigenvalue weighted by molar-refractivity contribution is 0.144. The van der Waals surface area contributed by atoms with E-state index in [9.17, 15) is 12.8 Å². The van der Waals surface area contributed by atoms with Gasteiger partial charge in [0.1, 0.15) is 23.1 Å². The van der Waals surface area contributed by atoms with E-state index in [1.54, 1.807) is 6.92 Å². The number of nitrogens with one attached hydrogen (secondary N) is 1. The fourth-order valence-corrected chi connectivity index (χ4v) is 2.84. The van der Waals surface area contributed by atoms with Gasteiger partial charge in [0, 0.05) is 19.7 Å². The van der Waals surface area contributed by atoms with E-state index < -0.39 is 21.9 Å². The van der Waals surface area contributed by atoms with Crippen molar-refractivity contribution in [3.63, 3.8) is 0 Å². The molecule has 0 aromatic heterocycles. The monoisotopic (exact) mass is 306 g/mol. The molecular weight excluding hydrogens is 287 g/mol. The zero-order chi connectivity index (χ0) is 15.2. The van der Waals surface area contributed by atoms with E-state index in [4.69, 9.17) is 15.2 Å². The summed E-state index contributed by atoms with van der Waals surface area (Å²) in [6.07, 6.45) is 0. The molecule has 114 valence electrons. The van der Waals surface area contributed by atoms with Crippen LogP contribution in [0.3, 0.4) is 0 Å². The van der Waals surface area contributed by atoms with Crippen LogP contribution in [0.4, 0.5) is 4.39 Å². The first-order valence-electron chi connectivity index (χ1n) is 6.04. The molecule has 1 aromatic rings. The largest absolute Gasteiger partial charge is 0.490 e. The van der Waals surface area contributed by atoms with Crippen molar-refractivity contribution in [2.45, 2.75) is 17.9 Å². The van der Waals surface area contributed by atoms with Gasteiger partial charge in [-0.3, -0.25) is 0 Å². The second-order valence-corrected chi connectivity index (χ2v) is 5.87. The number of hydrogen-bond acceptors (Lipinski definition) is 5. The molecule has 0 saturated heterocycles. The molecule has 8 heteroatoms. The summed E-state index contributed by atoms with van der Waals surface area (Å²) in [5, 5.41) is 0. The normalized spacial score (nSPS) is 13.2. The summed E-state index contributed by atoms with van der Waals surface area (Å²) in [5.41, 5.74) is 5.37. The minimum absolute atomic E-state index is 0.0696. The molecule has 0 spiro atoms. The summed E-state index contributed by atoms with van der Waals surface area (Å²) in [5.74, 6) is -0.593. The lowest BCUT2D eigenvalue weighted by Gasteiger charge is -2.15. The number of nitrogens with two attached hydrogens (primary N) is 1. The first-order chi connectivity index (χ1) is 9.40. The van der Waals surface area contributed by atoms with Gasteiger partial charge in [0.2, 0.25) is 10.0 Å². The Bertz CT molecular complexity index is 536. The van der Waals surface area contributed by atoms with Gasteiger partial charge in [-0.15, -0.1) is 0 Å².